The van der Waals surface area contributed by atoms with E-state index in [1.807, 2.05) is 12.1 Å². The maximum absolute atomic E-state index is 12.2. The molecule has 4 heteroatoms. The summed E-state index contributed by atoms with van der Waals surface area (Å²) in [6.45, 7) is 0. The molecule has 18 heavy (non-hydrogen) atoms. The normalized spacial score (nSPS) is 27.7. The van der Waals surface area contributed by atoms with E-state index in [1.165, 1.54) is 19.3 Å². The minimum absolute atomic E-state index is 0.102. The number of benzene rings is 1. The lowest BCUT2D eigenvalue weighted by Crippen LogP contribution is -2.46. The Labute approximate surface area is 109 Å². The van der Waals surface area contributed by atoms with Crippen LogP contribution in [0.4, 0.5) is 0 Å². The van der Waals surface area contributed by atoms with Crippen LogP contribution in [0.5, 0.6) is 0 Å². The maximum Gasteiger partial charge on any atom is 0.241 e. The predicted molar refractivity (Wildman–Crippen MR) is 70.8 cm³/mol. The Balaban J connectivity index is 1.90. The van der Waals surface area contributed by atoms with E-state index >= 15 is 0 Å². The number of fused-ring (bicyclic) bond motifs is 1. The second-order valence-corrected chi connectivity index (χ2v) is 7.12. The van der Waals surface area contributed by atoms with Crippen LogP contribution in [-0.2, 0) is 16.4 Å². The molecule has 0 spiro atoms. The third kappa shape index (κ3) is 2.19. The van der Waals surface area contributed by atoms with Crippen molar-refractivity contribution in [2.45, 2.75) is 49.5 Å². The SMILES string of the molecule is O=S1(=O)N[C@@H](C2CCCCC2)Cc2ccccc21. The van der Waals surface area contributed by atoms with E-state index in [4.69, 9.17) is 0 Å². The summed E-state index contributed by atoms with van der Waals surface area (Å²) in [6, 6.07) is 7.47. The molecule has 0 amide bonds. The average Bonchev–Trinajstić information content (AvgIpc) is 2.39. The van der Waals surface area contributed by atoms with Crippen LogP contribution in [0.25, 0.3) is 0 Å². The van der Waals surface area contributed by atoms with Crippen LogP contribution in [0.2, 0.25) is 0 Å². The van der Waals surface area contributed by atoms with Crippen LogP contribution in [0, 0.1) is 5.92 Å². The van der Waals surface area contributed by atoms with Crippen molar-refractivity contribution >= 4 is 10.0 Å². The molecular formula is C14H19NO2S. The monoisotopic (exact) mass is 265 g/mol. The molecule has 2 aliphatic rings. The molecule has 1 aromatic carbocycles. The van der Waals surface area contributed by atoms with E-state index in [9.17, 15) is 8.42 Å². The first-order valence-corrected chi connectivity index (χ1v) is 8.25. The molecule has 1 heterocycles. The second kappa shape index (κ2) is 4.67. The van der Waals surface area contributed by atoms with Gasteiger partial charge in [-0.25, -0.2) is 13.1 Å². The Morgan fingerprint density at radius 1 is 1.06 bits per heavy atom. The van der Waals surface area contributed by atoms with Gasteiger partial charge in [0.05, 0.1) is 4.90 Å². The highest BCUT2D eigenvalue weighted by Crippen LogP contribution is 2.32. The average molecular weight is 265 g/mol. The van der Waals surface area contributed by atoms with Crippen molar-refractivity contribution in [1.82, 2.24) is 4.72 Å². The molecule has 1 saturated carbocycles. The number of hydrogen-bond acceptors (Lipinski definition) is 2. The molecule has 1 aliphatic heterocycles. The van der Waals surface area contributed by atoms with Crippen molar-refractivity contribution in [3.05, 3.63) is 29.8 Å². The summed E-state index contributed by atoms with van der Waals surface area (Å²) >= 11 is 0. The Hall–Kier alpha value is -0.870. The van der Waals surface area contributed by atoms with Crippen LogP contribution in [0.15, 0.2) is 29.2 Å². The van der Waals surface area contributed by atoms with Crippen molar-refractivity contribution in [3.63, 3.8) is 0 Å². The zero-order chi connectivity index (χ0) is 12.6. The third-order valence-electron chi connectivity index (χ3n) is 4.23. The Kier molecular flexibility index (Phi) is 3.16. The van der Waals surface area contributed by atoms with Gasteiger partial charge < -0.3 is 0 Å². The smallest absolute Gasteiger partial charge is 0.207 e. The Morgan fingerprint density at radius 2 is 1.78 bits per heavy atom. The predicted octanol–water partition coefficient (Wildman–Crippen LogP) is 2.47. The summed E-state index contributed by atoms with van der Waals surface area (Å²) in [5, 5.41) is 0. The Morgan fingerprint density at radius 3 is 2.56 bits per heavy atom. The summed E-state index contributed by atoms with van der Waals surface area (Å²) in [7, 11) is -3.29. The van der Waals surface area contributed by atoms with Gasteiger partial charge in [0.1, 0.15) is 0 Å². The first-order chi connectivity index (χ1) is 8.67. The second-order valence-electron chi connectivity index (χ2n) is 5.44. The molecule has 3 rings (SSSR count). The lowest BCUT2D eigenvalue weighted by molar-refractivity contribution is 0.285. The van der Waals surface area contributed by atoms with Crippen LogP contribution in [-0.4, -0.2) is 14.5 Å². The highest BCUT2D eigenvalue weighted by atomic mass is 32.2. The van der Waals surface area contributed by atoms with Crippen LogP contribution < -0.4 is 4.72 Å². The van der Waals surface area contributed by atoms with Gasteiger partial charge >= 0.3 is 0 Å². The molecule has 0 unspecified atom stereocenters. The van der Waals surface area contributed by atoms with Gasteiger partial charge in [-0.2, -0.15) is 0 Å². The van der Waals surface area contributed by atoms with Crippen molar-refractivity contribution in [2.24, 2.45) is 5.92 Å². The van der Waals surface area contributed by atoms with Gasteiger partial charge in [0.2, 0.25) is 10.0 Å². The van der Waals surface area contributed by atoms with Gasteiger partial charge in [-0.05, 0) is 36.8 Å². The number of nitrogens with one attached hydrogen (secondary N) is 1. The quantitative estimate of drug-likeness (QED) is 0.848. The molecule has 1 atom stereocenters. The first kappa shape index (κ1) is 12.2. The summed E-state index contributed by atoms with van der Waals surface area (Å²) < 4.78 is 27.3. The highest BCUT2D eigenvalue weighted by Gasteiger charge is 2.34. The molecule has 1 fully saturated rings. The topological polar surface area (TPSA) is 46.2 Å². The molecule has 0 aromatic heterocycles. The lowest BCUT2D eigenvalue weighted by Gasteiger charge is -2.34. The standard InChI is InChI=1S/C14H19NO2S/c16-18(17)14-9-5-4-8-12(14)10-13(15-18)11-6-2-1-3-7-11/h4-5,8-9,11,13,15H,1-3,6-7,10H2/t13-/m1/s1. The van der Waals surface area contributed by atoms with Crippen molar-refractivity contribution in [2.75, 3.05) is 0 Å². The van der Waals surface area contributed by atoms with Crippen molar-refractivity contribution in [3.8, 4) is 0 Å². The van der Waals surface area contributed by atoms with Crippen LogP contribution >= 0.6 is 0 Å². The van der Waals surface area contributed by atoms with E-state index in [0.29, 0.717) is 10.8 Å². The minimum atomic E-state index is -3.29. The molecule has 1 aliphatic carbocycles. The van der Waals surface area contributed by atoms with E-state index in [0.717, 1.165) is 24.8 Å². The molecule has 0 radical (unpaired) electrons. The lowest BCUT2D eigenvalue weighted by atomic mass is 9.82. The molecule has 98 valence electrons. The number of hydrogen-bond donors (Lipinski definition) is 1. The van der Waals surface area contributed by atoms with Crippen molar-refractivity contribution < 1.29 is 8.42 Å². The van der Waals surface area contributed by atoms with Crippen LogP contribution in [0.3, 0.4) is 0 Å². The van der Waals surface area contributed by atoms with Crippen LogP contribution in [0.1, 0.15) is 37.7 Å². The van der Waals surface area contributed by atoms with Crippen molar-refractivity contribution in [1.29, 1.82) is 0 Å². The molecule has 1 N–H and O–H groups in total. The minimum Gasteiger partial charge on any atom is -0.207 e. The van der Waals surface area contributed by atoms with E-state index in [1.54, 1.807) is 12.1 Å². The third-order valence-corrected chi connectivity index (χ3v) is 5.82. The zero-order valence-electron chi connectivity index (χ0n) is 10.4. The van der Waals surface area contributed by atoms with Gasteiger partial charge in [0.25, 0.3) is 0 Å². The van der Waals surface area contributed by atoms with E-state index in [-0.39, 0.29) is 6.04 Å². The fourth-order valence-electron chi connectivity index (χ4n) is 3.28. The zero-order valence-corrected chi connectivity index (χ0v) is 11.2. The number of sulfonamides is 1. The molecule has 0 bridgehead atoms. The summed E-state index contributed by atoms with van der Waals surface area (Å²) in [6.07, 6.45) is 6.95. The molecular weight excluding hydrogens is 246 g/mol. The first-order valence-electron chi connectivity index (χ1n) is 6.77. The largest absolute Gasteiger partial charge is 0.241 e. The molecule has 0 saturated heterocycles. The highest BCUT2D eigenvalue weighted by molar-refractivity contribution is 7.89. The van der Waals surface area contributed by atoms with Gasteiger partial charge in [0.15, 0.2) is 0 Å². The fourth-order valence-corrected chi connectivity index (χ4v) is 4.83. The fraction of sp³-hybridized carbons (Fsp3) is 0.571. The molecule has 3 nitrogen and oxygen atoms in total. The number of rotatable bonds is 1. The Bertz CT molecular complexity index is 532. The van der Waals surface area contributed by atoms with E-state index < -0.39 is 10.0 Å². The van der Waals surface area contributed by atoms with E-state index in [2.05, 4.69) is 4.72 Å². The van der Waals surface area contributed by atoms with Gasteiger partial charge in [0, 0.05) is 6.04 Å². The summed E-state index contributed by atoms with van der Waals surface area (Å²) in [5.74, 6) is 0.516. The van der Waals surface area contributed by atoms with Gasteiger partial charge in [-0.1, -0.05) is 37.5 Å². The summed E-state index contributed by atoms with van der Waals surface area (Å²) in [4.78, 5) is 0.469. The molecule has 1 aromatic rings. The summed E-state index contributed by atoms with van der Waals surface area (Å²) in [5.41, 5.74) is 0.979. The maximum atomic E-state index is 12.2. The van der Waals surface area contributed by atoms with Gasteiger partial charge in [-0.15, -0.1) is 0 Å². The van der Waals surface area contributed by atoms with Gasteiger partial charge in [-0.3, -0.25) is 0 Å².